The molecule has 2 N–H and O–H groups in total. The smallest absolute Gasteiger partial charge is 0.276 e. The Morgan fingerprint density at radius 2 is 2.03 bits per heavy atom. The summed E-state index contributed by atoms with van der Waals surface area (Å²) in [5.41, 5.74) is 2.06. The number of rotatable bonds is 6. The van der Waals surface area contributed by atoms with Gasteiger partial charge in [-0.2, -0.15) is 5.10 Å². The van der Waals surface area contributed by atoms with Crippen LogP contribution >= 0.6 is 34.0 Å². The monoisotopic (exact) mass is 458 g/mol. The van der Waals surface area contributed by atoms with Crippen molar-refractivity contribution >= 4 is 51.0 Å². The molecule has 0 bridgehead atoms. The number of amides is 2. The van der Waals surface area contributed by atoms with Crippen LogP contribution in [0.15, 0.2) is 29.9 Å². The molecule has 0 aromatic carbocycles. The highest BCUT2D eigenvalue weighted by Crippen LogP contribution is 2.35. The van der Waals surface area contributed by atoms with E-state index in [1.54, 1.807) is 27.6 Å². The molecule has 4 aromatic heterocycles. The van der Waals surface area contributed by atoms with Gasteiger partial charge < -0.3 is 5.32 Å². The lowest BCUT2D eigenvalue weighted by Crippen LogP contribution is -2.17. The van der Waals surface area contributed by atoms with Crippen LogP contribution in [0.25, 0.3) is 21.1 Å². The first kappa shape index (κ1) is 20.4. The van der Waals surface area contributed by atoms with Crippen molar-refractivity contribution in [1.29, 1.82) is 0 Å². The highest BCUT2D eigenvalue weighted by Gasteiger charge is 2.17. The van der Waals surface area contributed by atoms with Gasteiger partial charge in [0, 0.05) is 40.9 Å². The van der Waals surface area contributed by atoms with Crippen LogP contribution in [0.4, 0.5) is 5.13 Å². The summed E-state index contributed by atoms with van der Waals surface area (Å²) in [5, 5.41) is 12.8. The van der Waals surface area contributed by atoms with E-state index >= 15 is 0 Å². The van der Waals surface area contributed by atoms with Crippen LogP contribution in [0.2, 0.25) is 0 Å². The van der Waals surface area contributed by atoms with Crippen LogP contribution in [0.1, 0.15) is 27.2 Å². The quantitative estimate of drug-likeness (QED) is 0.456. The highest BCUT2D eigenvalue weighted by molar-refractivity contribution is 7.18. The lowest BCUT2D eigenvalue weighted by Gasteiger charge is -1.98. The second-order valence-electron chi connectivity index (χ2n) is 6.49. The Balaban J connectivity index is 1.46. The Morgan fingerprint density at radius 3 is 2.77 bits per heavy atom. The third-order valence-corrected chi connectivity index (χ3v) is 6.98. The third kappa shape index (κ3) is 4.48. The number of thiazole rings is 2. The van der Waals surface area contributed by atoms with Gasteiger partial charge >= 0.3 is 0 Å². The molecule has 154 valence electrons. The number of hydrogen-bond acceptors (Lipinski definition) is 8. The molecule has 4 rings (SSSR count). The summed E-state index contributed by atoms with van der Waals surface area (Å²) in [7, 11) is 1.84. The third-order valence-electron chi connectivity index (χ3n) is 4.11. The first-order valence-corrected chi connectivity index (χ1v) is 11.5. The van der Waals surface area contributed by atoms with Gasteiger partial charge in [0.25, 0.3) is 5.91 Å². The number of thiophene rings is 1. The van der Waals surface area contributed by atoms with Crippen LogP contribution in [0.3, 0.4) is 0 Å². The van der Waals surface area contributed by atoms with Crippen molar-refractivity contribution in [3.63, 3.8) is 0 Å². The van der Waals surface area contributed by atoms with Gasteiger partial charge in [-0.15, -0.1) is 34.0 Å². The number of nitrogens with one attached hydrogen (secondary N) is 2. The van der Waals surface area contributed by atoms with Gasteiger partial charge in [-0.1, -0.05) is 0 Å². The number of carbonyl (C=O) groups is 2. The predicted octanol–water partition coefficient (Wildman–Crippen LogP) is 3.93. The van der Waals surface area contributed by atoms with Crippen LogP contribution in [-0.2, 0) is 18.4 Å². The van der Waals surface area contributed by atoms with Crippen molar-refractivity contribution in [2.45, 2.75) is 20.4 Å². The van der Waals surface area contributed by atoms with Gasteiger partial charge in [0.15, 0.2) is 5.13 Å². The van der Waals surface area contributed by atoms with E-state index in [4.69, 9.17) is 0 Å². The normalized spacial score (nSPS) is 10.9. The summed E-state index contributed by atoms with van der Waals surface area (Å²) < 4.78 is 1.70. The van der Waals surface area contributed by atoms with Crippen LogP contribution in [0.5, 0.6) is 0 Å². The molecule has 4 aromatic rings. The molecule has 0 aliphatic heterocycles. The molecule has 4 heterocycles. The number of anilines is 1. The Kier molecular flexibility index (Phi) is 5.75. The van der Waals surface area contributed by atoms with Crippen molar-refractivity contribution in [1.82, 2.24) is 25.1 Å². The SMILES string of the molecule is CC(=O)NCc1ccc(-c2nc(NC(=O)c3csc(-c4cnn(C)c4)n3)sc2C)s1. The maximum absolute atomic E-state index is 12.6. The summed E-state index contributed by atoms with van der Waals surface area (Å²) in [5.74, 6) is -0.354. The summed E-state index contributed by atoms with van der Waals surface area (Å²) in [4.78, 5) is 35.8. The average Bonchev–Trinajstić information content (AvgIpc) is 3.46. The topological polar surface area (TPSA) is 102 Å². The molecule has 11 heteroatoms. The molecule has 0 unspecified atom stereocenters. The summed E-state index contributed by atoms with van der Waals surface area (Å²) in [6.07, 6.45) is 3.58. The van der Waals surface area contributed by atoms with Crippen molar-refractivity contribution in [2.75, 3.05) is 5.32 Å². The summed E-state index contributed by atoms with van der Waals surface area (Å²) in [6, 6.07) is 3.96. The molecule has 0 radical (unpaired) electrons. The minimum atomic E-state index is -0.292. The van der Waals surface area contributed by atoms with E-state index in [1.165, 1.54) is 29.6 Å². The van der Waals surface area contributed by atoms with Gasteiger partial charge in [0.05, 0.1) is 23.3 Å². The largest absolute Gasteiger partial charge is 0.351 e. The Bertz CT molecular complexity index is 1220. The fraction of sp³-hybridized carbons (Fsp3) is 0.211. The maximum atomic E-state index is 12.6. The first-order valence-electron chi connectivity index (χ1n) is 8.96. The van der Waals surface area contributed by atoms with Gasteiger partial charge in [-0.05, 0) is 19.1 Å². The van der Waals surface area contributed by atoms with Gasteiger partial charge in [0.1, 0.15) is 10.7 Å². The lowest BCUT2D eigenvalue weighted by atomic mass is 10.3. The number of carbonyl (C=O) groups excluding carboxylic acids is 2. The van der Waals surface area contributed by atoms with Crippen molar-refractivity contribution in [3.8, 4) is 21.1 Å². The second kappa shape index (κ2) is 8.46. The molecule has 8 nitrogen and oxygen atoms in total. The highest BCUT2D eigenvalue weighted by atomic mass is 32.1. The maximum Gasteiger partial charge on any atom is 0.276 e. The van der Waals surface area contributed by atoms with Crippen LogP contribution < -0.4 is 10.6 Å². The molecule has 0 aliphatic carbocycles. The molecule has 0 atom stereocenters. The van der Waals surface area contributed by atoms with E-state index in [-0.39, 0.29) is 11.8 Å². The Labute approximate surface area is 184 Å². The zero-order valence-corrected chi connectivity index (χ0v) is 18.9. The molecule has 2 amide bonds. The van der Waals surface area contributed by atoms with Gasteiger partial charge in [-0.3, -0.25) is 19.6 Å². The number of nitrogens with zero attached hydrogens (tertiary/aromatic N) is 4. The number of hydrogen-bond donors (Lipinski definition) is 2. The lowest BCUT2D eigenvalue weighted by molar-refractivity contribution is -0.119. The van der Waals surface area contributed by atoms with Crippen molar-refractivity contribution < 1.29 is 9.59 Å². The van der Waals surface area contributed by atoms with E-state index < -0.39 is 0 Å². The fourth-order valence-electron chi connectivity index (χ4n) is 2.69. The van der Waals surface area contributed by atoms with E-state index in [0.29, 0.717) is 17.4 Å². The zero-order valence-electron chi connectivity index (χ0n) is 16.4. The van der Waals surface area contributed by atoms with E-state index in [0.717, 1.165) is 30.9 Å². The molecule has 0 aliphatic rings. The Hall–Kier alpha value is -2.89. The van der Waals surface area contributed by atoms with Crippen molar-refractivity contribution in [2.24, 2.45) is 7.05 Å². The average molecular weight is 459 g/mol. The van der Waals surface area contributed by atoms with Crippen LogP contribution in [-0.4, -0.2) is 31.6 Å². The first-order chi connectivity index (χ1) is 14.4. The van der Waals surface area contributed by atoms with E-state index in [9.17, 15) is 9.59 Å². The molecular weight excluding hydrogens is 440 g/mol. The standard InChI is InChI=1S/C19H18N6O2S3/c1-10-16(15-5-4-13(30-15)7-20-11(2)26)23-19(29-10)24-17(27)14-9-28-18(22-14)12-6-21-25(3)8-12/h4-6,8-9H,7H2,1-3H3,(H,20,26)(H,23,24,27). The minimum Gasteiger partial charge on any atom is -0.351 e. The molecule has 0 saturated carbocycles. The summed E-state index contributed by atoms with van der Waals surface area (Å²) >= 11 is 4.39. The molecule has 0 fully saturated rings. The molecule has 30 heavy (non-hydrogen) atoms. The zero-order chi connectivity index (χ0) is 21.3. The van der Waals surface area contributed by atoms with Crippen molar-refractivity contribution in [3.05, 3.63) is 45.4 Å². The number of aromatic nitrogens is 4. The Morgan fingerprint density at radius 1 is 1.20 bits per heavy atom. The second-order valence-corrected chi connectivity index (χ2v) is 9.72. The van der Waals surface area contributed by atoms with Crippen LogP contribution in [0, 0.1) is 6.92 Å². The fourth-order valence-corrected chi connectivity index (χ4v) is 5.35. The van der Waals surface area contributed by atoms with Gasteiger partial charge in [-0.25, -0.2) is 9.97 Å². The number of aryl methyl sites for hydroxylation is 2. The minimum absolute atomic E-state index is 0.0616. The van der Waals surface area contributed by atoms with Gasteiger partial charge in [0.2, 0.25) is 5.91 Å². The predicted molar refractivity (Wildman–Crippen MR) is 120 cm³/mol. The molecular formula is C19H18N6O2S3. The molecule has 0 spiro atoms. The van der Waals surface area contributed by atoms with E-state index in [2.05, 4.69) is 25.7 Å². The van der Waals surface area contributed by atoms with E-state index in [1.807, 2.05) is 32.3 Å². The molecule has 0 saturated heterocycles. The summed E-state index contributed by atoms with van der Waals surface area (Å²) in [6.45, 7) is 3.96.